The molecule has 0 aliphatic rings. The number of hydrogen-bond acceptors (Lipinski definition) is 3. The van der Waals surface area contributed by atoms with Gasteiger partial charge in [-0.25, -0.2) is 14.4 Å². The maximum absolute atomic E-state index is 13.2. The van der Waals surface area contributed by atoms with Gasteiger partial charge in [0, 0.05) is 30.6 Å². The fourth-order valence-electron chi connectivity index (χ4n) is 2.06. The van der Waals surface area contributed by atoms with Gasteiger partial charge in [0.2, 0.25) is 0 Å². The SMILES string of the molecule is CCNC(=NCc1cccc(F)c1)NCCc1ncc(CC)s1.I. The first kappa shape index (κ1) is 20.8. The zero-order valence-electron chi connectivity index (χ0n) is 14.0. The summed E-state index contributed by atoms with van der Waals surface area (Å²) in [6, 6.07) is 6.52. The molecule has 1 aromatic heterocycles. The fraction of sp³-hybridized carbons (Fsp3) is 0.412. The maximum atomic E-state index is 13.2. The van der Waals surface area contributed by atoms with Gasteiger partial charge < -0.3 is 10.6 Å². The van der Waals surface area contributed by atoms with Crippen LogP contribution in [-0.4, -0.2) is 24.0 Å². The van der Waals surface area contributed by atoms with E-state index in [0.717, 1.165) is 42.5 Å². The Kier molecular flexibility index (Phi) is 9.85. The van der Waals surface area contributed by atoms with E-state index in [4.69, 9.17) is 0 Å². The van der Waals surface area contributed by atoms with E-state index < -0.39 is 0 Å². The van der Waals surface area contributed by atoms with Gasteiger partial charge in [-0.1, -0.05) is 19.1 Å². The van der Waals surface area contributed by atoms with Gasteiger partial charge in [-0.15, -0.1) is 35.3 Å². The van der Waals surface area contributed by atoms with Gasteiger partial charge in [0.25, 0.3) is 0 Å². The highest BCUT2D eigenvalue weighted by Crippen LogP contribution is 2.13. The monoisotopic (exact) mass is 462 g/mol. The van der Waals surface area contributed by atoms with Crippen LogP contribution < -0.4 is 10.6 Å². The number of benzene rings is 1. The molecule has 0 unspecified atom stereocenters. The predicted octanol–water partition coefficient (Wildman–Crippen LogP) is 3.76. The van der Waals surface area contributed by atoms with Crippen LogP contribution in [0.3, 0.4) is 0 Å². The highest BCUT2D eigenvalue weighted by molar-refractivity contribution is 14.0. The lowest BCUT2D eigenvalue weighted by atomic mass is 10.2. The van der Waals surface area contributed by atoms with E-state index >= 15 is 0 Å². The van der Waals surface area contributed by atoms with Gasteiger partial charge in [-0.05, 0) is 31.0 Å². The van der Waals surface area contributed by atoms with Gasteiger partial charge in [-0.3, -0.25) is 0 Å². The Hall–Kier alpha value is -1.22. The molecule has 132 valence electrons. The molecule has 0 fully saturated rings. The lowest BCUT2D eigenvalue weighted by Gasteiger charge is -2.10. The number of thiazole rings is 1. The van der Waals surface area contributed by atoms with E-state index in [1.54, 1.807) is 17.4 Å². The van der Waals surface area contributed by atoms with Crippen molar-refractivity contribution < 1.29 is 4.39 Å². The second-order valence-electron chi connectivity index (χ2n) is 5.08. The first-order valence-electron chi connectivity index (χ1n) is 7.91. The molecule has 0 atom stereocenters. The predicted molar refractivity (Wildman–Crippen MR) is 110 cm³/mol. The van der Waals surface area contributed by atoms with Crippen molar-refractivity contribution in [2.75, 3.05) is 13.1 Å². The summed E-state index contributed by atoms with van der Waals surface area (Å²) in [4.78, 5) is 10.2. The average Bonchev–Trinajstić information content (AvgIpc) is 3.01. The molecule has 24 heavy (non-hydrogen) atoms. The summed E-state index contributed by atoms with van der Waals surface area (Å²) < 4.78 is 13.2. The van der Waals surface area contributed by atoms with Crippen LogP contribution in [0.5, 0.6) is 0 Å². The highest BCUT2D eigenvalue weighted by atomic mass is 127. The Morgan fingerprint density at radius 2 is 2.12 bits per heavy atom. The summed E-state index contributed by atoms with van der Waals surface area (Å²) in [6.07, 6.45) is 3.85. The van der Waals surface area contributed by atoms with E-state index in [1.165, 1.54) is 17.0 Å². The van der Waals surface area contributed by atoms with Crippen LogP contribution in [0.2, 0.25) is 0 Å². The largest absolute Gasteiger partial charge is 0.357 e. The van der Waals surface area contributed by atoms with Crippen LogP contribution in [0.1, 0.15) is 29.3 Å². The number of nitrogens with one attached hydrogen (secondary N) is 2. The van der Waals surface area contributed by atoms with Crippen molar-refractivity contribution >= 4 is 41.3 Å². The van der Waals surface area contributed by atoms with Crippen LogP contribution in [0.4, 0.5) is 4.39 Å². The molecular weight excluding hydrogens is 438 g/mol. The second-order valence-corrected chi connectivity index (χ2v) is 6.28. The van der Waals surface area contributed by atoms with Crippen LogP contribution in [0.15, 0.2) is 35.5 Å². The van der Waals surface area contributed by atoms with E-state index in [-0.39, 0.29) is 29.8 Å². The summed E-state index contributed by atoms with van der Waals surface area (Å²) in [7, 11) is 0. The van der Waals surface area contributed by atoms with Crippen molar-refractivity contribution in [3.63, 3.8) is 0 Å². The summed E-state index contributed by atoms with van der Waals surface area (Å²) in [5.41, 5.74) is 0.856. The van der Waals surface area contributed by atoms with Crippen LogP contribution in [0, 0.1) is 5.82 Å². The fourth-order valence-corrected chi connectivity index (χ4v) is 2.92. The van der Waals surface area contributed by atoms with E-state index in [9.17, 15) is 4.39 Å². The van der Waals surface area contributed by atoms with E-state index in [0.29, 0.717) is 6.54 Å². The van der Waals surface area contributed by atoms with Crippen molar-refractivity contribution in [3.05, 3.63) is 51.7 Å². The molecule has 0 bridgehead atoms. The Balaban J connectivity index is 0.00000288. The summed E-state index contributed by atoms with van der Waals surface area (Å²) in [6.45, 7) is 6.16. The molecule has 1 heterocycles. The van der Waals surface area contributed by atoms with E-state index in [1.807, 2.05) is 19.2 Å². The summed E-state index contributed by atoms with van der Waals surface area (Å²) >= 11 is 1.76. The molecule has 0 radical (unpaired) electrons. The van der Waals surface area contributed by atoms with E-state index in [2.05, 4.69) is 27.5 Å². The Morgan fingerprint density at radius 3 is 2.79 bits per heavy atom. The number of halogens is 2. The van der Waals surface area contributed by atoms with Gasteiger partial charge in [0.15, 0.2) is 5.96 Å². The number of aliphatic imine (C=N–C) groups is 1. The average molecular weight is 462 g/mol. The van der Waals surface area contributed by atoms with Crippen molar-refractivity contribution in [3.8, 4) is 0 Å². The van der Waals surface area contributed by atoms with Crippen LogP contribution in [0.25, 0.3) is 0 Å². The number of rotatable bonds is 7. The number of guanidine groups is 1. The van der Waals surface area contributed by atoms with Crippen molar-refractivity contribution in [2.24, 2.45) is 4.99 Å². The zero-order chi connectivity index (χ0) is 16.5. The molecule has 2 rings (SSSR count). The standard InChI is InChI=1S/C17H23FN4S.HI/c1-3-15-12-21-16(23-15)8-9-20-17(19-4-2)22-11-13-6-5-7-14(18)10-13;/h5-7,10,12H,3-4,8-9,11H2,1-2H3,(H2,19,20,22);1H. The lowest BCUT2D eigenvalue weighted by Crippen LogP contribution is -2.38. The summed E-state index contributed by atoms with van der Waals surface area (Å²) in [5.74, 6) is 0.509. The minimum absolute atomic E-state index is 0. The normalized spacial score (nSPS) is 11.0. The molecule has 0 saturated carbocycles. The lowest BCUT2D eigenvalue weighted by molar-refractivity contribution is 0.625. The third-order valence-electron chi connectivity index (χ3n) is 3.23. The third kappa shape index (κ3) is 7.12. The minimum Gasteiger partial charge on any atom is -0.357 e. The van der Waals surface area contributed by atoms with Gasteiger partial charge in [0.05, 0.1) is 11.6 Å². The van der Waals surface area contributed by atoms with Gasteiger partial charge >= 0.3 is 0 Å². The quantitative estimate of drug-likeness (QED) is 0.374. The molecule has 0 saturated heterocycles. The number of nitrogens with zero attached hydrogens (tertiary/aromatic N) is 2. The van der Waals surface area contributed by atoms with Gasteiger partial charge in [-0.2, -0.15) is 0 Å². The molecule has 2 aromatic rings. The maximum Gasteiger partial charge on any atom is 0.191 e. The van der Waals surface area contributed by atoms with Gasteiger partial charge in [0.1, 0.15) is 5.82 Å². The Bertz CT molecular complexity index is 645. The zero-order valence-corrected chi connectivity index (χ0v) is 17.2. The molecule has 1 aromatic carbocycles. The smallest absolute Gasteiger partial charge is 0.191 e. The topological polar surface area (TPSA) is 49.3 Å². The molecule has 0 aliphatic heterocycles. The van der Waals surface area contributed by atoms with Crippen LogP contribution in [-0.2, 0) is 19.4 Å². The molecule has 0 aliphatic carbocycles. The molecular formula is C17H24FIN4S. The molecule has 0 spiro atoms. The third-order valence-corrected chi connectivity index (χ3v) is 4.44. The van der Waals surface area contributed by atoms with Crippen LogP contribution >= 0.6 is 35.3 Å². The first-order valence-corrected chi connectivity index (χ1v) is 8.73. The van der Waals surface area contributed by atoms with Crippen molar-refractivity contribution in [1.82, 2.24) is 15.6 Å². The number of hydrogen-bond donors (Lipinski definition) is 2. The molecule has 0 amide bonds. The highest BCUT2D eigenvalue weighted by Gasteiger charge is 2.02. The van der Waals surface area contributed by atoms with Crippen molar-refractivity contribution in [1.29, 1.82) is 0 Å². The Morgan fingerprint density at radius 1 is 1.29 bits per heavy atom. The molecule has 7 heteroatoms. The number of aromatic nitrogens is 1. The number of aryl methyl sites for hydroxylation is 1. The Labute approximate surface area is 164 Å². The molecule has 2 N–H and O–H groups in total. The van der Waals surface area contributed by atoms with Crippen molar-refractivity contribution in [2.45, 2.75) is 33.2 Å². The summed E-state index contributed by atoms with van der Waals surface area (Å²) in [5, 5.41) is 7.63. The first-order chi connectivity index (χ1) is 11.2. The second kappa shape index (κ2) is 11.4. The minimum atomic E-state index is -0.230. The molecule has 4 nitrogen and oxygen atoms in total.